The SMILES string of the molecule is Cc1ccc(CNC(=O)[C@H]2CCCN(S(=O)(=O)Cc3ccc(F)cc3)C2)cc1. The van der Waals surface area contributed by atoms with Crippen LogP contribution in [0.15, 0.2) is 48.5 Å². The van der Waals surface area contributed by atoms with Gasteiger partial charge in [-0.1, -0.05) is 42.0 Å². The monoisotopic (exact) mass is 404 g/mol. The Balaban J connectivity index is 1.58. The van der Waals surface area contributed by atoms with Gasteiger partial charge in [0.15, 0.2) is 0 Å². The molecule has 2 aromatic rings. The maximum atomic E-state index is 13.0. The van der Waals surface area contributed by atoms with E-state index in [2.05, 4.69) is 5.32 Å². The fourth-order valence-electron chi connectivity index (χ4n) is 3.33. The van der Waals surface area contributed by atoms with Crippen molar-refractivity contribution in [2.75, 3.05) is 13.1 Å². The Morgan fingerprint density at radius 3 is 2.43 bits per heavy atom. The topological polar surface area (TPSA) is 66.5 Å². The number of piperidine rings is 1. The summed E-state index contributed by atoms with van der Waals surface area (Å²) in [5, 5.41) is 2.91. The lowest BCUT2D eigenvalue weighted by Gasteiger charge is -2.31. The van der Waals surface area contributed by atoms with E-state index in [0.717, 1.165) is 11.1 Å². The maximum absolute atomic E-state index is 13.0. The van der Waals surface area contributed by atoms with Gasteiger partial charge in [-0.25, -0.2) is 17.1 Å². The van der Waals surface area contributed by atoms with Gasteiger partial charge in [0.25, 0.3) is 0 Å². The lowest BCUT2D eigenvalue weighted by Crippen LogP contribution is -2.45. The molecule has 0 radical (unpaired) electrons. The molecule has 0 aliphatic carbocycles. The summed E-state index contributed by atoms with van der Waals surface area (Å²) in [6.45, 7) is 3.03. The number of carbonyl (C=O) groups is 1. The molecule has 1 fully saturated rings. The van der Waals surface area contributed by atoms with Crippen molar-refractivity contribution in [2.45, 2.75) is 32.1 Å². The van der Waals surface area contributed by atoms with Crippen molar-refractivity contribution in [3.05, 3.63) is 71.0 Å². The van der Waals surface area contributed by atoms with Crippen molar-refractivity contribution in [2.24, 2.45) is 5.92 Å². The molecule has 1 saturated heterocycles. The Morgan fingerprint density at radius 2 is 1.75 bits per heavy atom. The minimum absolute atomic E-state index is 0.123. The molecule has 1 amide bonds. The van der Waals surface area contributed by atoms with Crippen molar-refractivity contribution in [1.82, 2.24) is 9.62 Å². The minimum atomic E-state index is -3.56. The molecule has 2 aromatic carbocycles. The second kappa shape index (κ2) is 8.84. The maximum Gasteiger partial charge on any atom is 0.224 e. The van der Waals surface area contributed by atoms with E-state index < -0.39 is 15.8 Å². The molecule has 1 aliphatic heterocycles. The molecule has 28 heavy (non-hydrogen) atoms. The van der Waals surface area contributed by atoms with Crippen LogP contribution in [0.4, 0.5) is 4.39 Å². The van der Waals surface area contributed by atoms with Crippen molar-refractivity contribution < 1.29 is 17.6 Å². The summed E-state index contributed by atoms with van der Waals surface area (Å²) in [6.07, 6.45) is 1.31. The van der Waals surface area contributed by atoms with Gasteiger partial charge in [-0.05, 0) is 43.0 Å². The Labute approximate surface area is 165 Å². The molecule has 0 bridgehead atoms. The fourth-order valence-corrected chi connectivity index (χ4v) is 4.94. The van der Waals surface area contributed by atoms with Crippen LogP contribution in [0, 0.1) is 18.7 Å². The predicted octanol–water partition coefficient (Wildman–Crippen LogP) is 2.99. The molecule has 1 heterocycles. The van der Waals surface area contributed by atoms with E-state index in [0.29, 0.717) is 31.5 Å². The van der Waals surface area contributed by atoms with Crippen molar-refractivity contribution in [1.29, 1.82) is 0 Å². The highest BCUT2D eigenvalue weighted by Crippen LogP contribution is 2.22. The van der Waals surface area contributed by atoms with Gasteiger partial charge in [-0.15, -0.1) is 0 Å². The van der Waals surface area contributed by atoms with E-state index in [-0.39, 0.29) is 24.1 Å². The molecule has 3 rings (SSSR count). The second-order valence-corrected chi connectivity index (χ2v) is 9.25. The number of aryl methyl sites for hydroxylation is 1. The first kappa shape index (κ1) is 20.5. The van der Waals surface area contributed by atoms with Gasteiger partial charge >= 0.3 is 0 Å². The predicted molar refractivity (Wildman–Crippen MR) is 106 cm³/mol. The highest BCUT2D eigenvalue weighted by molar-refractivity contribution is 7.88. The van der Waals surface area contributed by atoms with Crippen LogP contribution in [0.3, 0.4) is 0 Å². The lowest BCUT2D eigenvalue weighted by molar-refractivity contribution is -0.126. The quantitative estimate of drug-likeness (QED) is 0.805. The van der Waals surface area contributed by atoms with E-state index in [1.54, 1.807) is 0 Å². The number of rotatable bonds is 6. The zero-order valence-corrected chi connectivity index (χ0v) is 16.7. The van der Waals surface area contributed by atoms with Gasteiger partial charge in [0.1, 0.15) is 5.82 Å². The molecule has 7 heteroatoms. The standard InChI is InChI=1S/C21H25FN2O3S/c1-16-4-6-17(7-5-16)13-23-21(25)19-3-2-12-24(14-19)28(26,27)15-18-8-10-20(22)11-9-18/h4-11,19H,2-3,12-15H2,1H3,(H,23,25)/t19-/m0/s1. The van der Waals surface area contributed by atoms with Gasteiger partial charge in [0.05, 0.1) is 11.7 Å². The van der Waals surface area contributed by atoms with Crippen molar-refractivity contribution in [3.63, 3.8) is 0 Å². The lowest BCUT2D eigenvalue weighted by atomic mass is 9.98. The first-order valence-electron chi connectivity index (χ1n) is 9.39. The van der Waals surface area contributed by atoms with Crippen LogP contribution >= 0.6 is 0 Å². The minimum Gasteiger partial charge on any atom is -0.352 e. The molecular formula is C21H25FN2O3S. The smallest absolute Gasteiger partial charge is 0.224 e. The summed E-state index contributed by atoms with van der Waals surface area (Å²) in [7, 11) is -3.56. The molecule has 150 valence electrons. The third-order valence-corrected chi connectivity index (χ3v) is 6.81. The second-order valence-electron chi connectivity index (χ2n) is 7.28. The zero-order valence-electron chi connectivity index (χ0n) is 15.9. The number of sulfonamides is 1. The van der Waals surface area contributed by atoms with Crippen molar-refractivity contribution in [3.8, 4) is 0 Å². The van der Waals surface area contributed by atoms with Gasteiger partial charge in [-0.3, -0.25) is 4.79 Å². The molecule has 0 unspecified atom stereocenters. The first-order chi connectivity index (χ1) is 13.3. The van der Waals surface area contributed by atoms with E-state index in [4.69, 9.17) is 0 Å². The average molecular weight is 405 g/mol. The summed E-state index contributed by atoms with van der Waals surface area (Å²) >= 11 is 0. The fraction of sp³-hybridized carbons (Fsp3) is 0.381. The molecular weight excluding hydrogens is 379 g/mol. The normalized spacial score (nSPS) is 18.0. The molecule has 5 nitrogen and oxygen atoms in total. The summed E-state index contributed by atoms with van der Waals surface area (Å²) < 4.78 is 39.8. The number of nitrogens with zero attached hydrogens (tertiary/aromatic N) is 1. The van der Waals surface area contributed by atoms with Gasteiger partial charge < -0.3 is 5.32 Å². The molecule has 0 saturated carbocycles. The average Bonchev–Trinajstić information content (AvgIpc) is 2.69. The van der Waals surface area contributed by atoms with Gasteiger partial charge in [-0.2, -0.15) is 0 Å². The molecule has 0 spiro atoms. The van der Waals surface area contributed by atoms with Crippen LogP contribution in [0.2, 0.25) is 0 Å². The van der Waals surface area contributed by atoms with Crippen molar-refractivity contribution >= 4 is 15.9 Å². The van der Waals surface area contributed by atoms with E-state index in [1.807, 2.05) is 31.2 Å². The van der Waals surface area contributed by atoms with E-state index in [9.17, 15) is 17.6 Å². The Kier molecular flexibility index (Phi) is 6.46. The summed E-state index contributed by atoms with van der Waals surface area (Å²) in [5.74, 6) is -1.07. The summed E-state index contributed by atoms with van der Waals surface area (Å²) in [5.41, 5.74) is 2.70. The van der Waals surface area contributed by atoms with Crippen LogP contribution in [-0.4, -0.2) is 31.7 Å². The third kappa shape index (κ3) is 5.39. The molecule has 1 aliphatic rings. The van der Waals surface area contributed by atoms with Crippen LogP contribution in [0.1, 0.15) is 29.5 Å². The number of carbonyl (C=O) groups excluding carboxylic acids is 1. The number of halogens is 1. The van der Waals surface area contributed by atoms with Crippen LogP contribution in [-0.2, 0) is 27.1 Å². The first-order valence-corrected chi connectivity index (χ1v) is 11.0. The molecule has 1 N–H and O–H groups in total. The highest BCUT2D eigenvalue weighted by Gasteiger charge is 2.32. The molecule has 0 aromatic heterocycles. The van der Waals surface area contributed by atoms with Crippen LogP contribution < -0.4 is 5.32 Å². The number of nitrogens with one attached hydrogen (secondary N) is 1. The highest BCUT2D eigenvalue weighted by atomic mass is 32.2. The van der Waals surface area contributed by atoms with E-state index in [1.165, 1.54) is 28.6 Å². The summed E-state index contributed by atoms with van der Waals surface area (Å²) in [6, 6.07) is 13.4. The van der Waals surface area contributed by atoms with E-state index >= 15 is 0 Å². The Hall–Kier alpha value is -2.25. The Bertz CT molecular complexity index is 912. The van der Waals surface area contributed by atoms with Gasteiger partial charge in [0.2, 0.25) is 15.9 Å². The number of amides is 1. The summed E-state index contributed by atoms with van der Waals surface area (Å²) in [4.78, 5) is 12.5. The van der Waals surface area contributed by atoms with Gasteiger partial charge in [0, 0.05) is 19.6 Å². The van der Waals surface area contributed by atoms with Crippen LogP contribution in [0.25, 0.3) is 0 Å². The zero-order chi connectivity index (χ0) is 20.1. The number of hydrogen-bond donors (Lipinski definition) is 1. The largest absolute Gasteiger partial charge is 0.352 e. The molecule has 1 atom stereocenters. The Morgan fingerprint density at radius 1 is 1.11 bits per heavy atom. The number of benzene rings is 2. The number of hydrogen-bond acceptors (Lipinski definition) is 3. The third-order valence-electron chi connectivity index (χ3n) is 5.00. The van der Waals surface area contributed by atoms with Crippen LogP contribution in [0.5, 0.6) is 0 Å².